The maximum absolute atomic E-state index is 12.8. The number of fused-ring (bicyclic) bond motifs is 1. The number of H-pyrrole nitrogens is 1. The minimum atomic E-state index is -0.934. The van der Waals surface area contributed by atoms with Gasteiger partial charge in [-0.05, 0) is 83.4 Å². The second-order valence-electron chi connectivity index (χ2n) is 11.1. The van der Waals surface area contributed by atoms with Crippen LogP contribution in [0.3, 0.4) is 0 Å². The number of ether oxygens (including phenoxy) is 1. The first-order chi connectivity index (χ1) is 21.2. The standard InChI is InChI=1S/C35H36N4O5/c1-22-15-27(31(35(42)43)18-25-5-7-26-11-13-37-34(41)30(26)17-25)8-9-29(22)23(2)21-44-33(40)19-24-6-10-32(28(16-24)20-36-3)39-14-4-12-38-39/h4-17,23,31,36H,18-21H2,1-3H3,(H,37,41)(H,42,43)/t23-,31?/m0/s1. The molecule has 2 aromatic heterocycles. The molecule has 5 aromatic rings. The van der Waals surface area contributed by atoms with Crippen molar-refractivity contribution in [3.63, 3.8) is 0 Å². The maximum Gasteiger partial charge on any atom is 0.311 e. The van der Waals surface area contributed by atoms with Gasteiger partial charge in [-0.3, -0.25) is 14.4 Å². The zero-order valence-corrected chi connectivity index (χ0v) is 25.0. The van der Waals surface area contributed by atoms with Crippen LogP contribution in [0.2, 0.25) is 0 Å². The Morgan fingerprint density at radius 1 is 1.07 bits per heavy atom. The van der Waals surface area contributed by atoms with Gasteiger partial charge in [0.05, 0.1) is 24.6 Å². The summed E-state index contributed by atoms with van der Waals surface area (Å²) in [5.74, 6) is -2.10. The summed E-state index contributed by atoms with van der Waals surface area (Å²) in [6.45, 7) is 4.77. The Morgan fingerprint density at radius 3 is 2.61 bits per heavy atom. The molecule has 226 valence electrons. The van der Waals surface area contributed by atoms with Crippen molar-refractivity contribution >= 4 is 22.7 Å². The quantitative estimate of drug-likeness (QED) is 0.173. The molecule has 0 spiro atoms. The number of aromatic nitrogens is 3. The van der Waals surface area contributed by atoms with Gasteiger partial charge < -0.3 is 20.1 Å². The molecule has 9 heteroatoms. The number of carboxylic acids is 1. The highest BCUT2D eigenvalue weighted by Crippen LogP contribution is 2.28. The van der Waals surface area contributed by atoms with Crippen LogP contribution in [0.15, 0.2) is 90.1 Å². The van der Waals surface area contributed by atoms with Crippen molar-refractivity contribution in [1.29, 1.82) is 0 Å². The van der Waals surface area contributed by atoms with E-state index in [2.05, 4.69) is 15.4 Å². The molecule has 3 N–H and O–H groups in total. The van der Waals surface area contributed by atoms with Gasteiger partial charge in [0.2, 0.25) is 0 Å². The maximum atomic E-state index is 12.8. The van der Waals surface area contributed by atoms with Crippen LogP contribution in [-0.2, 0) is 33.7 Å². The highest BCUT2D eigenvalue weighted by Gasteiger charge is 2.22. The lowest BCUT2D eigenvalue weighted by atomic mass is 9.87. The molecule has 0 aliphatic carbocycles. The number of aliphatic carboxylic acids is 1. The van der Waals surface area contributed by atoms with Crippen molar-refractivity contribution in [3.8, 4) is 5.69 Å². The first kappa shape index (κ1) is 30.4. The van der Waals surface area contributed by atoms with E-state index < -0.39 is 11.9 Å². The van der Waals surface area contributed by atoms with E-state index in [0.717, 1.165) is 38.9 Å². The predicted octanol–water partition coefficient (Wildman–Crippen LogP) is 5.04. The average molecular weight is 593 g/mol. The number of aryl methyl sites for hydroxylation is 1. The van der Waals surface area contributed by atoms with E-state index >= 15 is 0 Å². The van der Waals surface area contributed by atoms with Gasteiger partial charge >= 0.3 is 11.9 Å². The third kappa shape index (κ3) is 6.95. The molecule has 0 radical (unpaired) electrons. The molecule has 2 heterocycles. The van der Waals surface area contributed by atoms with Gasteiger partial charge in [-0.2, -0.15) is 5.10 Å². The van der Waals surface area contributed by atoms with Crippen LogP contribution in [0, 0.1) is 6.92 Å². The largest absolute Gasteiger partial charge is 0.481 e. The Kier molecular flexibility index (Phi) is 9.35. The number of pyridine rings is 1. The summed E-state index contributed by atoms with van der Waals surface area (Å²) in [4.78, 5) is 40.0. The van der Waals surface area contributed by atoms with Gasteiger partial charge in [0.15, 0.2) is 0 Å². The molecular formula is C35H36N4O5. The van der Waals surface area contributed by atoms with Crippen LogP contribution in [0.25, 0.3) is 16.5 Å². The van der Waals surface area contributed by atoms with E-state index in [1.165, 1.54) is 0 Å². The first-order valence-electron chi connectivity index (χ1n) is 14.6. The number of hydrogen-bond donors (Lipinski definition) is 3. The van der Waals surface area contributed by atoms with Crippen LogP contribution in [-0.4, -0.2) is 45.5 Å². The van der Waals surface area contributed by atoms with Crippen LogP contribution in [0.5, 0.6) is 0 Å². The van der Waals surface area contributed by atoms with Crippen molar-refractivity contribution in [3.05, 3.63) is 129 Å². The van der Waals surface area contributed by atoms with Gasteiger partial charge in [-0.15, -0.1) is 0 Å². The minimum absolute atomic E-state index is 0.0782. The number of hydrogen-bond acceptors (Lipinski definition) is 6. The Bertz CT molecular complexity index is 1840. The van der Waals surface area contributed by atoms with Gasteiger partial charge in [0.1, 0.15) is 0 Å². The van der Waals surface area contributed by atoms with E-state index in [9.17, 15) is 19.5 Å². The summed E-state index contributed by atoms with van der Waals surface area (Å²) in [5.41, 5.74) is 6.01. The molecule has 44 heavy (non-hydrogen) atoms. The Hall–Kier alpha value is -5.02. The fourth-order valence-corrected chi connectivity index (χ4v) is 5.65. The summed E-state index contributed by atoms with van der Waals surface area (Å²) < 4.78 is 7.46. The zero-order chi connectivity index (χ0) is 31.2. The van der Waals surface area contributed by atoms with E-state index in [1.54, 1.807) is 23.1 Å². The fourth-order valence-electron chi connectivity index (χ4n) is 5.65. The van der Waals surface area contributed by atoms with E-state index in [0.29, 0.717) is 17.5 Å². The summed E-state index contributed by atoms with van der Waals surface area (Å²) in [7, 11) is 1.87. The third-order valence-electron chi connectivity index (χ3n) is 7.91. The molecule has 5 rings (SSSR count). The number of nitrogens with zero attached hydrogens (tertiary/aromatic N) is 2. The molecule has 0 saturated heterocycles. The van der Waals surface area contributed by atoms with Gasteiger partial charge in [-0.1, -0.05) is 49.4 Å². The number of esters is 1. The number of rotatable bonds is 12. The summed E-state index contributed by atoms with van der Waals surface area (Å²) in [6.07, 6.45) is 5.62. The molecule has 9 nitrogen and oxygen atoms in total. The summed E-state index contributed by atoms with van der Waals surface area (Å²) in [5, 5.41) is 18.9. The van der Waals surface area contributed by atoms with E-state index in [4.69, 9.17) is 4.74 Å². The SMILES string of the molecule is CNCc1cc(CC(=O)OC[C@H](C)c2ccc(C(Cc3ccc4cc[nH]c(=O)c4c3)C(=O)O)cc2C)ccc1-n1cccn1. The summed E-state index contributed by atoms with van der Waals surface area (Å²) in [6, 6.07) is 20.7. The second kappa shape index (κ2) is 13.5. The van der Waals surface area contributed by atoms with Gasteiger partial charge in [0.25, 0.3) is 5.56 Å². The lowest BCUT2D eigenvalue weighted by molar-refractivity contribution is -0.143. The normalized spacial score (nSPS) is 12.6. The number of aromatic amines is 1. The molecule has 0 fully saturated rings. The molecule has 0 amide bonds. The van der Waals surface area contributed by atoms with Gasteiger partial charge in [-0.25, -0.2) is 4.68 Å². The average Bonchev–Trinajstić information content (AvgIpc) is 3.54. The lowest BCUT2D eigenvalue weighted by Crippen LogP contribution is -2.16. The number of carbonyl (C=O) groups is 2. The van der Waals surface area contributed by atoms with E-state index in [-0.39, 0.29) is 36.9 Å². The van der Waals surface area contributed by atoms with Crippen molar-refractivity contribution < 1.29 is 19.4 Å². The summed E-state index contributed by atoms with van der Waals surface area (Å²) >= 11 is 0. The van der Waals surface area contributed by atoms with E-state index in [1.807, 2.05) is 87.8 Å². The van der Waals surface area contributed by atoms with Crippen molar-refractivity contribution in [2.24, 2.45) is 0 Å². The molecule has 0 aliphatic heterocycles. The molecule has 0 saturated carbocycles. The number of benzene rings is 3. The Balaban J connectivity index is 1.23. The number of carboxylic acid groups (broad SMARTS) is 1. The number of carbonyl (C=O) groups excluding carboxylic acids is 1. The molecule has 2 atom stereocenters. The Morgan fingerprint density at radius 2 is 1.89 bits per heavy atom. The zero-order valence-electron chi connectivity index (χ0n) is 25.0. The third-order valence-corrected chi connectivity index (χ3v) is 7.91. The number of nitrogens with one attached hydrogen (secondary N) is 2. The molecular weight excluding hydrogens is 556 g/mol. The van der Waals surface area contributed by atoms with Gasteiger partial charge in [0, 0.05) is 36.4 Å². The van der Waals surface area contributed by atoms with Crippen LogP contribution in [0.4, 0.5) is 0 Å². The minimum Gasteiger partial charge on any atom is -0.481 e. The molecule has 1 unspecified atom stereocenters. The second-order valence-corrected chi connectivity index (χ2v) is 11.1. The van der Waals surface area contributed by atoms with Crippen LogP contribution >= 0.6 is 0 Å². The van der Waals surface area contributed by atoms with Crippen LogP contribution < -0.4 is 10.9 Å². The highest BCUT2D eigenvalue weighted by atomic mass is 16.5. The molecule has 0 aliphatic rings. The Labute approximate surface area is 255 Å². The topological polar surface area (TPSA) is 126 Å². The van der Waals surface area contributed by atoms with Crippen molar-refractivity contribution in [1.82, 2.24) is 20.1 Å². The lowest BCUT2D eigenvalue weighted by Gasteiger charge is -2.19. The van der Waals surface area contributed by atoms with Crippen LogP contribution in [0.1, 0.15) is 52.1 Å². The highest BCUT2D eigenvalue weighted by molar-refractivity contribution is 5.82. The monoisotopic (exact) mass is 592 g/mol. The smallest absolute Gasteiger partial charge is 0.311 e. The first-order valence-corrected chi connectivity index (χ1v) is 14.6. The fraction of sp³-hybridized carbons (Fsp3) is 0.257. The molecule has 0 bridgehead atoms. The van der Waals surface area contributed by atoms with Crippen molar-refractivity contribution in [2.45, 2.75) is 45.1 Å². The molecule has 3 aromatic carbocycles. The predicted molar refractivity (Wildman–Crippen MR) is 169 cm³/mol. The van der Waals surface area contributed by atoms with Crippen molar-refractivity contribution in [2.75, 3.05) is 13.7 Å².